The first-order chi connectivity index (χ1) is 8.19. The van der Waals surface area contributed by atoms with Crippen LogP contribution in [0.3, 0.4) is 0 Å². The number of ether oxygens (including phenoxy) is 3. The Morgan fingerprint density at radius 2 is 1.71 bits per heavy atom. The van der Waals surface area contributed by atoms with Crippen LogP contribution in [0.15, 0.2) is 24.3 Å². The molecule has 1 aromatic carbocycles. The lowest BCUT2D eigenvalue weighted by Gasteiger charge is -2.08. The number of rotatable bonds is 4. The van der Waals surface area contributed by atoms with Crippen LogP contribution >= 0.6 is 0 Å². The maximum Gasteiger partial charge on any atom is 0.513 e. The van der Waals surface area contributed by atoms with Crippen molar-refractivity contribution in [3.8, 4) is 5.75 Å². The number of hydrogen-bond donors (Lipinski definition) is 0. The van der Waals surface area contributed by atoms with Gasteiger partial charge in [0.15, 0.2) is 0 Å². The zero-order chi connectivity index (χ0) is 12.7. The SMILES string of the molecule is CCOC(=O)Oc1ccccc1C(=O)OCC. The zero-order valence-electron chi connectivity index (χ0n) is 9.76. The van der Waals surface area contributed by atoms with Gasteiger partial charge in [-0.3, -0.25) is 0 Å². The number of esters is 1. The minimum atomic E-state index is -0.843. The molecule has 0 saturated carbocycles. The third-order valence-corrected chi connectivity index (χ3v) is 1.84. The van der Waals surface area contributed by atoms with E-state index >= 15 is 0 Å². The Balaban J connectivity index is 2.84. The molecule has 0 aliphatic carbocycles. The van der Waals surface area contributed by atoms with Gasteiger partial charge in [-0.15, -0.1) is 0 Å². The van der Waals surface area contributed by atoms with Crippen molar-refractivity contribution in [2.75, 3.05) is 13.2 Å². The summed E-state index contributed by atoms with van der Waals surface area (Å²) >= 11 is 0. The van der Waals surface area contributed by atoms with Crippen molar-refractivity contribution in [2.45, 2.75) is 13.8 Å². The van der Waals surface area contributed by atoms with Crippen molar-refractivity contribution in [2.24, 2.45) is 0 Å². The van der Waals surface area contributed by atoms with Crippen LogP contribution in [-0.2, 0) is 9.47 Å². The van der Waals surface area contributed by atoms with Crippen LogP contribution in [0, 0.1) is 0 Å². The van der Waals surface area contributed by atoms with Crippen molar-refractivity contribution in [1.82, 2.24) is 0 Å². The van der Waals surface area contributed by atoms with Crippen molar-refractivity contribution >= 4 is 12.1 Å². The summed E-state index contributed by atoms with van der Waals surface area (Å²) in [7, 11) is 0. The van der Waals surface area contributed by atoms with E-state index < -0.39 is 12.1 Å². The molecule has 0 radical (unpaired) electrons. The largest absolute Gasteiger partial charge is 0.513 e. The van der Waals surface area contributed by atoms with Gasteiger partial charge in [-0.1, -0.05) is 12.1 Å². The fourth-order valence-corrected chi connectivity index (χ4v) is 1.17. The highest BCUT2D eigenvalue weighted by atomic mass is 16.7. The molecule has 0 amide bonds. The normalized spacial score (nSPS) is 9.53. The standard InChI is InChI=1S/C12H14O5/c1-3-15-11(13)9-7-5-6-8-10(9)17-12(14)16-4-2/h5-8H,3-4H2,1-2H3. The van der Waals surface area contributed by atoms with Gasteiger partial charge in [-0.2, -0.15) is 0 Å². The number of carbonyl (C=O) groups excluding carboxylic acids is 2. The predicted molar refractivity (Wildman–Crippen MR) is 60.0 cm³/mol. The Bertz CT molecular complexity index is 400. The molecule has 0 saturated heterocycles. The third kappa shape index (κ3) is 3.79. The molecule has 17 heavy (non-hydrogen) atoms. The minimum absolute atomic E-state index is 0.129. The smallest absolute Gasteiger partial charge is 0.462 e. The summed E-state index contributed by atoms with van der Waals surface area (Å²) in [6.45, 7) is 3.83. The molecule has 0 aliphatic rings. The van der Waals surface area contributed by atoms with Crippen LogP contribution in [0.4, 0.5) is 4.79 Å². The predicted octanol–water partition coefficient (Wildman–Crippen LogP) is 2.40. The van der Waals surface area contributed by atoms with Gasteiger partial charge in [0, 0.05) is 0 Å². The summed E-state index contributed by atoms with van der Waals surface area (Å²) in [6, 6.07) is 6.33. The molecule has 0 bridgehead atoms. The topological polar surface area (TPSA) is 61.8 Å². The number of para-hydroxylation sites is 1. The van der Waals surface area contributed by atoms with Gasteiger partial charge >= 0.3 is 12.1 Å². The molecule has 1 rings (SSSR count). The fraction of sp³-hybridized carbons (Fsp3) is 0.333. The lowest BCUT2D eigenvalue weighted by Crippen LogP contribution is -2.13. The molecule has 0 spiro atoms. The Labute approximate surface area is 99.3 Å². The van der Waals surface area contributed by atoms with E-state index in [1.807, 2.05) is 0 Å². The van der Waals surface area contributed by atoms with Gasteiger partial charge in [-0.05, 0) is 26.0 Å². The minimum Gasteiger partial charge on any atom is -0.462 e. The summed E-state index contributed by atoms with van der Waals surface area (Å²) in [4.78, 5) is 22.7. The molecule has 0 N–H and O–H groups in total. The van der Waals surface area contributed by atoms with Crippen LogP contribution in [0.1, 0.15) is 24.2 Å². The van der Waals surface area contributed by atoms with Crippen molar-refractivity contribution < 1.29 is 23.8 Å². The summed E-state index contributed by atoms with van der Waals surface area (Å²) in [5.74, 6) is -0.406. The molecule has 0 fully saturated rings. The molecule has 5 heteroatoms. The zero-order valence-corrected chi connectivity index (χ0v) is 9.76. The summed E-state index contributed by atoms with van der Waals surface area (Å²) in [5, 5.41) is 0. The van der Waals surface area contributed by atoms with Gasteiger partial charge in [0.2, 0.25) is 0 Å². The van der Waals surface area contributed by atoms with E-state index in [1.54, 1.807) is 26.0 Å². The second kappa shape index (κ2) is 6.52. The molecule has 0 heterocycles. The fourth-order valence-electron chi connectivity index (χ4n) is 1.17. The molecule has 0 atom stereocenters. The lowest BCUT2D eigenvalue weighted by atomic mass is 10.2. The molecule has 5 nitrogen and oxygen atoms in total. The average Bonchev–Trinajstić information content (AvgIpc) is 2.30. The average molecular weight is 238 g/mol. The van der Waals surface area contributed by atoms with Gasteiger partial charge < -0.3 is 14.2 Å². The lowest BCUT2D eigenvalue weighted by molar-refractivity contribution is 0.0521. The first-order valence-corrected chi connectivity index (χ1v) is 5.29. The monoisotopic (exact) mass is 238 g/mol. The first kappa shape index (κ1) is 13.0. The summed E-state index contributed by atoms with van der Waals surface area (Å²) in [6.07, 6.45) is -0.843. The number of hydrogen-bond acceptors (Lipinski definition) is 5. The van der Waals surface area contributed by atoms with Crippen molar-refractivity contribution in [3.05, 3.63) is 29.8 Å². The highest BCUT2D eigenvalue weighted by Crippen LogP contribution is 2.19. The first-order valence-electron chi connectivity index (χ1n) is 5.29. The molecule has 0 aromatic heterocycles. The van der Waals surface area contributed by atoms with E-state index in [1.165, 1.54) is 12.1 Å². The van der Waals surface area contributed by atoms with E-state index in [0.717, 1.165) is 0 Å². The molecule has 92 valence electrons. The van der Waals surface area contributed by atoms with E-state index in [0.29, 0.717) is 0 Å². The van der Waals surface area contributed by atoms with Gasteiger partial charge in [-0.25, -0.2) is 9.59 Å². The number of benzene rings is 1. The maximum absolute atomic E-state index is 11.6. The number of carbonyl (C=O) groups is 2. The van der Waals surface area contributed by atoms with Gasteiger partial charge in [0.1, 0.15) is 11.3 Å². The second-order valence-electron chi connectivity index (χ2n) is 3.00. The Hall–Kier alpha value is -2.04. The van der Waals surface area contributed by atoms with Crippen LogP contribution in [0.2, 0.25) is 0 Å². The van der Waals surface area contributed by atoms with Crippen LogP contribution in [0.5, 0.6) is 5.75 Å². The molecule has 0 unspecified atom stereocenters. The summed E-state index contributed by atoms with van der Waals surface area (Å²) < 4.78 is 14.4. The van der Waals surface area contributed by atoms with Gasteiger partial charge in [0.25, 0.3) is 0 Å². The maximum atomic E-state index is 11.6. The van der Waals surface area contributed by atoms with E-state index in [2.05, 4.69) is 4.74 Å². The van der Waals surface area contributed by atoms with Crippen molar-refractivity contribution in [1.29, 1.82) is 0 Å². The van der Waals surface area contributed by atoms with Crippen LogP contribution in [0.25, 0.3) is 0 Å². The molecule has 1 aromatic rings. The van der Waals surface area contributed by atoms with Crippen LogP contribution < -0.4 is 4.74 Å². The molecule has 0 aliphatic heterocycles. The highest BCUT2D eigenvalue weighted by molar-refractivity contribution is 5.93. The Morgan fingerprint density at radius 1 is 1.06 bits per heavy atom. The van der Waals surface area contributed by atoms with Crippen LogP contribution in [-0.4, -0.2) is 25.3 Å². The quantitative estimate of drug-likeness (QED) is 0.595. The Morgan fingerprint density at radius 3 is 2.35 bits per heavy atom. The van der Waals surface area contributed by atoms with Crippen molar-refractivity contribution in [3.63, 3.8) is 0 Å². The summed E-state index contributed by atoms with van der Waals surface area (Å²) in [5.41, 5.74) is 0.197. The second-order valence-corrected chi connectivity index (χ2v) is 3.00. The molecular weight excluding hydrogens is 224 g/mol. The third-order valence-electron chi connectivity index (χ3n) is 1.84. The van der Waals surface area contributed by atoms with E-state index in [9.17, 15) is 9.59 Å². The van der Waals surface area contributed by atoms with E-state index in [-0.39, 0.29) is 24.5 Å². The Kier molecular flexibility index (Phi) is 5.00. The molecular formula is C12H14O5. The van der Waals surface area contributed by atoms with E-state index in [4.69, 9.17) is 9.47 Å². The van der Waals surface area contributed by atoms with Gasteiger partial charge in [0.05, 0.1) is 13.2 Å². The highest BCUT2D eigenvalue weighted by Gasteiger charge is 2.15.